The molecule has 9 nitrogen and oxygen atoms in total. The van der Waals surface area contributed by atoms with Gasteiger partial charge >= 0.3 is 6.09 Å². The van der Waals surface area contributed by atoms with E-state index in [0.29, 0.717) is 17.3 Å². The van der Waals surface area contributed by atoms with Gasteiger partial charge in [-0.15, -0.1) is 11.3 Å². The fourth-order valence-electron chi connectivity index (χ4n) is 3.20. The molecule has 1 aliphatic rings. The Kier molecular flexibility index (Phi) is 5.79. The van der Waals surface area contributed by atoms with Gasteiger partial charge in [0.15, 0.2) is 0 Å². The largest absolute Gasteiger partial charge is 0.447 e. The summed E-state index contributed by atoms with van der Waals surface area (Å²) in [6, 6.07) is 10.3. The summed E-state index contributed by atoms with van der Waals surface area (Å²) in [5.41, 5.74) is 2.36. The van der Waals surface area contributed by atoms with Crippen LogP contribution in [0.25, 0.3) is 11.3 Å². The minimum atomic E-state index is -0.757. The van der Waals surface area contributed by atoms with E-state index >= 15 is 0 Å². The molecule has 1 fully saturated rings. The Bertz CT molecular complexity index is 1120. The fraction of sp³-hybridized carbons (Fsp3) is 0.286. The highest BCUT2D eigenvalue weighted by atomic mass is 32.1. The molecule has 0 unspecified atom stereocenters. The van der Waals surface area contributed by atoms with Crippen molar-refractivity contribution in [3.05, 3.63) is 52.5 Å². The number of nitriles is 1. The molecule has 2 aromatic heterocycles. The monoisotopic (exact) mass is 436 g/mol. The van der Waals surface area contributed by atoms with Gasteiger partial charge in [-0.1, -0.05) is 12.1 Å². The van der Waals surface area contributed by atoms with Crippen LogP contribution in [0.3, 0.4) is 0 Å². The first-order valence-electron chi connectivity index (χ1n) is 9.66. The summed E-state index contributed by atoms with van der Waals surface area (Å²) >= 11 is 1.50. The number of thiazole rings is 1. The van der Waals surface area contributed by atoms with Gasteiger partial charge in [-0.05, 0) is 32.0 Å². The van der Waals surface area contributed by atoms with E-state index in [9.17, 15) is 9.90 Å². The van der Waals surface area contributed by atoms with Crippen molar-refractivity contribution >= 4 is 29.2 Å². The Morgan fingerprint density at radius 3 is 2.77 bits per heavy atom. The van der Waals surface area contributed by atoms with Crippen LogP contribution in [0.1, 0.15) is 30.5 Å². The molecule has 3 atom stereocenters. The molecule has 0 spiro atoms. The van der Waals surface area contributed by atoms with Gasteiger partial charge in [0.1, 0.15) is 23.5 Å². The number of nitrogens with one attached hydrogen (secondary N) is 1. The van der Waals surface area contributed by atoms with Crippen LogP contribution in [-0.4, -0.2) is 44.9 Å². The molecular weight excluding hydrogens is 416 g/mol. The number of aromatic nitrogens is 3. The zero-order chi connectivity index (χ0) is 22.0. The van der Waals surface area contributed by atoms with Gasteiger partial charge in [0.25, 0.3) is 0 Å². The number of ether oxygens (including phenoxy) is 1. The summed E-state index contributed by atoms with van der Waals surface area (Å²) in [5.74, 6) is 0.694. The average molecular weight is 436 g/mol. The van der Waals surface area contributed by atoms with Crippen LogP contribution >= 0.6 is 11.3 Å². The smallest absolute Gasteiger partial charge is 0.416 e. The number of carbonyl (C=O) groups excluding carboxylic acids is 1. The lowest BCUT2D eigenvalue weighted by molar-refractivity contribution is 0.142. The molecule has 0 bridgehead atoms. The van der Waals surface area contributed by atoms with Crippen molar-refractivity contribution in [2.45, 2.75) is 32.0 Å². The maximum absolute atomic E-state index is 12.1. The molecule has 31 heavy (non-hydrogen) atoms. The second-order valence-corrected chi connectivity index (χ2v) is 8.01. The topological polar surface area (TPSA) is 124 Å². The Morgan fingerprint density at radius 1 is 1.29 bits per heavy atom. The van der Waals surface area contributed by atoms with E-state index in [-0.39, 0.29) is 12.6 Å². The first kappa shape index (κ1) is 20.7. The normalized spacial score (nSPS) is 17.7. The van der Waals surface area contributed by atoms with Crippen LogP contribution in [0.2, 0.25) is 0 Å². The molecule has 0 aliphatic carbocycles. The summed E-state index contributed by atoms with van der Waals surface area (Å²) in [7, 11) is 0. The van der Waals surface area contributed by atoms with Crippen molar-refractivity contribution in [2.75, 3.05) is 16.8 Å². The van der Waals surface area contributed by atoms with E-state index in [2.05, 4.69) is 26.3 Å². The lowest BCUT2D eigenvalue weighted by Crippen LogP contribution is -2.41. The van der Waals surface area contributed by atoms with Gasteiger partial charge in [-0.3, -0.25) is 4.90 Å². The first-order chi connectivity index (χ1) is 15.0. The van der Waals surface area contributed by atoms with Gasteiger partial charge in [-0.25, -0.2) is 14.8 Å². The molecule has 1 amide bonds. The van der Waals surface area contributed by atoms with Crippen molar-refractivity contribution in [3.8, 4) is 17.3 Å². The minimum absolute atomic E-state index is 0.108. The van der Waals surface area contributed by atoms with E-state index in [0.717, 1.165) is 16.3 Å². The minimum Gasteiger partial charge on any atom is -0.447 e. The van der Waals surface area contributed by atoms with E-state index in [4.69, 9.17) is 10.00 Å². The molecule has 10 heteroatoms. The lowest BCUT2D eigenvalue weighted by atomic mass is 10.1. The summed E-state index contributed by atoms with van der Waals surface area (Å²) in [6.45, 7) is 3.66. The predicted molar refractivity (Wildman–Crippen MR) is 116 cm³/mol. The molecule has 1 aliphatic heterocycles. The Morgan fingerprint density at radius 2 is 2.06 bits per heavy atom. The zero-order valence-corrected chi connectivity index (χ0v) is 17.7. The molecular formula is C21H20N6O3S. The van der Waals surface area contributed by atoms with Crippen molar-refractivity contribution in [3.63, 3.8) is 0 Å². The standard InChI is InChI=1S/C21H20N6O3S/c1-12(19-25-16(11-31-19)15-5-3-14(9-22)4-6-15)24-20-23-8-7-18(26-20)27-17(13(2)28)10-30-21(27)29/h3-8,11-13,17,28H,10H2,1-2H3,(H,23,24,26)/t12-,13+,17+/m0/s1. The molecule has 2 N–H and O–H groups in total. The van der Waals surface area contributed by atoms with Gasteiger partial charge in [0.2, 0.25) is 5.95 Å². The molecule has 1 aromatic carbocycles. The maximum atomic E-state index is 12.1. The number of nitrogens with zero attached hydrogens (tertiary/aromatic N) is 5. The Hall–Kier alpha value is -3.55. The number of hydrogen-bond donors (Lipinski definition) is 2. The van der Waals surface area contributed by atoms with Crippen molar-refractivity contribution in [2.24, 2.45) is 0 Å². The van der Waals surface area contributed by atoms with Gasteiger partial charge in [0.05, 0.1) is 29.5 Å². The molecule has 0 radical (unpaired) electrons. The number of hydrogen-bond acceptors (Lipinski definition) is 9. The third-order valence-corrected chi connectivity index (χ3v) is 5.93. The van der Waals surface area contributed by atoms with E-state index in [1.807, 2.05) is 24.4 Å². The van der Waals surface area contributed by atoms with E-state index < -0.39 is 18.2 Å². The SMILES string of the molecule is C[C@H](Nc1nccc(N2C(=O)OC[C@@H]2[C@@H](C)O)n1)c1nc(-c2ccc(C#N)cc2)cs1. The second kappa shape index (κ2) is 8.67. The molecule has 0 saturated carbocycles. The third-order valence-electron chi connectivity index (χ3n) is 4.90. The van der Waals surface area contributed by atoms with Crippen LogP contribution in [0, 0.1) is 11.3 Å². The summed E-state index contributed by atoms with van der Waals surface area (Å²) in [5, 5.41) is 24.9. The summed E-state index contributed by atoms with van der Waals surface area (Å²) < 4.78 is 5.06. The molecule has 158 valence electrons. The molecule has 3 heterocycles. The van der Waals surface area contributed by atoms with Crippen molar-refractivity contribution in [1.82, 2.24) is 15.0 Å². The van der Waals surface area contributed by atoms with Gasteiger partial charge < -0.3 is 15.2 Å². The third kappa shape index (κ3) is 4.33. The molecule has 4 rings (SSSR count). The van der Waals surface area contributed by atoms with Gasteiger partial charge in [-0.2, -0.15) is 10.2 Å². The fourth-order valence-corrected chi connectivity index (χ4v) is 4.03. The number of anilines is 2. The predicted octanol–water partition coefficient (Wildman–Crippen LogP) is 3.35. The van der Waals surface area contributed by atoms with Crippen molar-refractivity contribution in [1.29, 1.82) is 5.26 Å². The summed E-state index contributed by atoms with van der Waals surface area (Å²) in [4.78, 5) is 26.8. The van der Waals surface area contributed by atoms with Crippen LogP contribution in [0.4, 0.5) is 16.6 Å². The number of benzene rings is 1. The van der Waals surface area contributed by atoms with Crippen LogP contribution in [0.15, 0.2) is 41.9 Å². The zero-order valence-electron chi connectivity index (χ0n) is 16.9. The quantitative estimate of drug-likeness (QED) is 0.603. The number of cyclic esters (lactones) is 1. The van der Waals surface area contributed by atoms with E-state index in [1.54, 1.807) is 31.3 Å². The van der Waals surface area contributed by atoms with Crippen LogP contribution < -0.4 is 10.2 Å². The highest BCUT2D eigenvalue weighted by molar-refractivity contribution is 7.10. The van der Waals surface area contributed by atoms with E-state index in [1.165, 1.54) is 16.2 Å². The first-order valence-corrected chi connectivity index (χ1v) is 10.5. The van der Waals surface area contributed by atoms with Crippen LogP contribution in [-0.2, 0) is 4.74 Å². The highest BCUT2D eigenvalue weighted by Crippen LogP contribution is 2.28. The Balaban J connectivity index is 1.50. The molecule has 1 saturated heterocycles. The number of rotatable bonds is 6. The van der Waals surface area contributed by atoms with Gasteiger partial charge in [0, 0.05) is 17.1 Å². The average Bonchev–Trinajstić information content (AvgIpc) is 3.41. The van der Waals surface area contributed by atoms with Crippen molar-refractivity contribution < 1.29 is 14.6 Å². The number of aliphatic hydroxyl groups is 1. The molecule has 3 aromatic rings. The second-order valence-electron chi connectivity index (χ2n) is 7.12. The Labute approximate surface area is 183 Å². The summed E-state index contributed by atoms with van der Waals surface area (Å²) in [6.07, 6.45) is 0.245. The number of aliphatic hydroxyl groups excluding tert-OH is 1. The number of carbonyl (C=O) groups is 1. The highest BCUT2D eigenvalue weighted by Gasteiger charge is 2.38. The van der Waals surface area contributed by atoms with Crippen LogP contribution in [0.5, 0.6) is 0 Å². The number of amides is 1. The lowest BCUT2D eigenvalue weighted by Gasteiger charge is -2.22. The maximum Gasteiger partial charge on any atom is 0.416 e.